The van der Waals surface area contributed by atoms with E-state index in [2.05, 4.69) is 15.5 Å². The van der Waals surface area contributed by atoms with Gasteiger partial charge in [0.05, 0.1) is 0 Å². The molecule has 0 saturated carbocycles. The highest BCUT2D eigenvalue weighted by molar-refractivity contribution is 6.17. The number of hydrogen-bond acceptors (Lipinski definition) is 3. The van der Waals surface area contributed by atoms with Crippen molar-refractivity contribution in [2.75, 3.05) is 12.4 Å². The predicted octanol–water partition coefficient (Wildman–Crippen LogP) is 0.765. The van der Waals surface area contributed by atoms with Gasteiger partial charge in [-0.2, -0.15) is 5.10 Å². The molecule has 0 fully saturated rings. The summed E-state index contributed by atoms with van der Waals surface area (Å²) in [7, 11) is 0. The van der Waals surface area contributed by atoms with Crippen LogP contribution in [-0.4, -0.2) is 28.5 Å². The summed E-state index contributed by atoms with van der Waals surface area (Å²) in [5.74, 6) is 0.607. The number of aromatic amines is 1. The number of aromatic nitrogens is 2. The van der Waals surface area contributed by atoms with Crippen molar-refractivity contribution in [1.29, 1.82) is 0 Å². The Balaban J connectivity index is 2.46. The summed E-state index contributed by atoms with van der Waals surface area (Å²) in [6.45, 7) is 2.55. The summed E-state index contributed by atoms with van der Waals surface area (Å²) >= 11 is 5.58. The predicted molar refractivity (Wildman–Crippen MR) is 61.7 cm³/mol. The molecule has 1 aromatic heterocycles. The van der Waals surface area contributed by atoms with Crippen LogP contribution >= 0.6 is 11.6 Å². The first kappa shape index (κ1) is 12.7. The molecular formula is C10H14ClN3O2. The molecule has 0 radical (unpaired) electrons. The molecule has 1 aromatic rings. The van der Waals surface area contributed by atoms with E-state index in [4.69, 9.17) is 11.6 Å². The van der Waals surface area contributed by atoms with E-state index in [9.17, 15) is 9.59 Å². The van der Waals surface area contributed by atoms with Crippen LogP contribution in [0.3, 0.4) is 0 Å². The molecule has 2 N–H and O–H groups in total. The Morgan fingerprint density at radius 1 is 1.62 bits per heavy atom. The van der Waals surface area contributed by atoms with Crippen LogP contribution in [0.1, 0.15) is 23.8 Å². The lowest BCUT2D eigenvalue weighted by Crippen LogP contribution is -2.29. The summed E-state index contributed by atoms with van der Waals surface area (Å²) in [5, 5.41) is 8.55. The van der Waals surface area contributed by atoms with Crippen molar-refractivity contribution in [2.24, 2.45) is 5.92 Å². The van der Waals surface area contributed by atoms with E-state index in [0.717, 1.165) is 6.42 Å². The molecule has 0 spiro atoms. The number of amides is 1. The molecule has 6 heteroatoms. The molecule has 0 saturated heterocycles. The topological polar surface area (TPSA) is 74.8 Å². The number of alkyl halides is 1. The number of halogens is 1. The second-order valence-electron chi connectivity index (χ2n) is 3.60. The van der Waals surface area contributed by atoms with Crippen molar-refractivity contribution in [1.82, 2.24) is 15.5 Å². The van der Waals surface area contributed by atoms with Crippen molar-refractivity contribution in [3.63, 3.8) is 0 Å². The van der Waals surface area contributed by atoms with Crippen molar-refractivity contribution >= 4 is 17.5 Å². The number of rotatable bonds is 5. The first-order chi connectivity index (χ1) is 7.63. The van der Waals surface area contributed by atoms with Gasteiger partial charge in [-0.1, -0.05) is 6.92 Å². The van der Waals surface area contributed by atoms with Gasteiger partial charge in [0.15, 0.2) is 0 Å². The summed E-state index contributed by atoms with van der Waals surface area (Å²) in [6.07, 6.45) is 0.848. The van der Waals surface area contributed by atoms with Crippen LogP contribution < -0.4 is 10.9 Å². The van der Waals surface area contributed by atoms with Crippen molar-refractivity contribution in [2.45, 2.75) is 13.3 Å². The first-order valence-electron chi connectivity index (χ1n) is 5.03. The van der Waals surface area contributed by atoms with E-state index in [1.807, 2.05) is 6.92 Å². The standard InChI is InChI=1S/C10H14ClN3O2/c1-7(4-5-11)6-12-10(16)8-2-3-9(15)14-13-8/h2-3,7H,4-6H2,1H3,(H,12,16)(H,14,15). The zero-order valence-electron chi connectivity index (χ0n) is 9.00. The molecule has 1 rings (SSSR count). The number of nitrogens with one attached hydrogen (secondary N) is 2. The van der Waals surface area contributed by atoms with E-state index in [1.54, 1.807) is 0 Å². The lowest BCUT2D eigenvalue weighted by Gasteiger charge is -2.10. The van der Waals surface area contributed by atoms with Crippen molar-refractivity contribution in [3.8, 4) is 0 Å². The Morgan fingerprint density at radius 3 is 2.94 bits per heavy atom. The van der Waals surface area contributed by atoms with Gasteiger partial charge in [-0.05, 0) is 18.4 Å². The van der Waals surface area contributed by atoms with Crippen molar-refractivity contribution < 1.29 is 4.79 Å². The Labute approximate surface area is 98.2 Å². The average molecular weight is 244 g/mol. The fourth-order valence-electron chi connectivity index (χ4n) is 1.12. The normalized spacial score (nSPS) is 12.1. The van der Waals surface area contributed by atoms with Crippen LogP contribution in [0.2, 0.25) is 0 Å². The minimum Gasteiger partial charge on any atom is -0.350 e. The van der Waals surface area contributed by atoms with Crippen LogP contribution in [0.4, 0.5) is 0 Å². The highest BCUT2D eigenvalue weighted by Gasteiger charge is 2.08. The molecule has 5 nitrogen and oxygen atoms in total. The molecule has 0 aromatic carbocycles. The summed E-state index contributed by atoms with van der Waals surface area (Å²) < 4.78 is 0. The van der Waals surface area contributed by atoms with Crippen LogP contribution in [0.15, 0.2) is 16.9 Å². The minimum atomic E-state index is -0.327. The fraction of sp³-hybridized carbons (Fsp3) is 0.500. The highest BCUT2D eigenvalue weighted by atomic mass is 35.5. The zero-order valence-corrected chi connectivity index (χ0v) is 9.75. The lowest BCUT2D eigenvalue weighted by atomic mass is 10.1. The molecule has 0 bridgehead atoms. The SMILES string of the molecule is CC(CCCl)CNC(=O)c1ccc(=O)[nH]n1. The van der Waals surface area contributed by atoms with E-state index < -0.39 is 0 Å². The van der Waals surface area contributed by atoms with Gasteiger partial charge in [-0.25, -0.2) is 5.10 Å². The van der Waals surface area contributed by atoms with Crippen molar-refractivity contribution in [3.05, 3.63) is 28.2 Å². The maximum absolute atomic E-state index is 11.5. The average Bonchev–Trinajstić information content (AvgIpc) is 2.27. The maximum Gasteiger partial charge on any atom is 0.271 e. The van der Waals surface area contributed by atoms with Crippen LogP contribution in [-0.2, 0) is 0 Å². The molecule has 1 heterocycles. The first-order valence-corrected chi connectivity index (χ1v) is 5.57. The molecule has 0 aliphatic carbocycles. The van der Waals surface area contributed by atoms with Gasteiger partial charge >= 0.3 is 0 Å². The van der Waals surface area contributed by atoms with Gasteiger partial charge in [0.2, 0.25) is 0 Å². The van der Waals surface area contributed by atoms with Gasteiger partial charge in [-0.15, -0.1) is 11.6 Å². The van der Waals surface area contributed by atoms with E-state index >= 15 is 0 Å². The molecule has 88 valence electrons. The fourth-order valence-corrected chi connectivity index (χ4v) is 1.49. The number of nitrogens with zero attached hydrogens (tertiary/aromatic N) is 1. The Bertz CT molecular complexity index is 385. The third kappa shape index (κ3) is 4.02. The summed E-state index contributed by atoms with van der Waals surface area (Å²) in [5.41, 5.74) is -0.121. The number of hydrogen-bond donors (Lipinski definition) is 2. The van der Waals surface area contributed by atoms with Gasteiger partial charge < -0.3 is 5.32 Å². The third-order valence-corrected chi connectivity index (χ3v) is 2.34. The highest BCUT2D eigenvalue weighted by Crippen LogP contribution is 2.01. The Kier molecular flexibility index (Phi) is 4.98. The summed E-state index contributed by atoms with van der Waals surface area (Å²) in [6, 6.07) is 2.66. The molecule has 1 unspecified atom stereocenters. The monoisotopic (exact) mass is 243 g/mol. The molecule has 16 heavy (non-hydrogen) atoms. The molecule has 1 amide bonds. The number of carbonyl (C=O) groups is 1. The van der Waals surface area contributed by atoms with E-state index in [1.165, 1.54) is 12.1 Å². The number of carbonyl (C=O) groups excluding carboxylic acids is 1. The van der Waals surface area contributed by atoms with Crippen LogP contribution in [0, 0.1) is 5.92 Å². The minimum absolute atomic E-state index is 0.206. The molecular weight excluding hydrogens is 230 g/mol. The smallest absolute Gasteiger partial charge is 0.271 e. The maximum atomic E-state index is 11.5. The van der Waals surface area contributed by atoms with Gasteiger partial charge in [0, 0.05) is 18.5 Å². The van der Waals surface area contributed by atoms with Gasteiger partial charge in [-0.3, -0.25) is 9.59 Å². The second kappa shape index (κ2) is 6.27. The molecule has 0 aliphatic rings. The Hall–Kier alpha value is -1.36. The number of H-pyrrole nitrogens is 1. The Morgan fingerprint density at radius 2 is 2.38 bits per heavy atom. The molecule has 0 aliphatic heterocycles. The molecule has 1 atom stereocenters. The second-order valence-corrected chi connectivity index (χ2v) is 3.98. The van der Waals surface area contributed by atoms with E-state index in [0.29, 0.717) is 18.3 Å². The van der Waals surface area contributed by atoms with Crippen LogP contribution in [0.5, 0.6) is 0 Å². The van der Waals surface area contributed by atoms with Gasteiger partial charge in [0.1, 0.15) is 5.69 Å². The zero-order chi connectivity index (χ0) is 12.0. The third-order valence-electron chi connectivity index (χ3n) is 2.12. The van der Waals surface area contributed by atoms with Gasteiger partial charge in [0.25, 0.3) is 11.5 Å². The quantitative estimate of drug-likeness (QED) is 0.750. The lowest BCUT2D eigenvalue weighted by molar-refractivity contribution is 0.0941. The largest absolute Gasteiger partial charge is 0.350 e. The van der Waals surface area contributed by atoms with Crippen LogP contribution in [0.25, 0.3) is 0 Å². The van der Waals surface area contributed by atoms with E-state index in [-0.39, 0.29) is 17.2 Å². The summed E-state index contributed by atoms with van der Waals surface area (Å²) in [4.78, 5) is 22.3.